The van der Waals surface area contributed by atoms with Crippen molar-refractivity contribution in [2.45, 2.75) is 38.0 Å². The first-order chi connectivity index (χ1) is 18.0. The Balaban J connectivity index is 1.34. The van der Waals surface area contributed by atoms with Gasteiger partial charge in [0.1, 0.15) is 18.7 Å². The summed E-state index contributed by atoms with van der Waals surface area (Å²) in [4.78, 5) is 40.0. The van der Waals surface area contributed by atoms with Crippen LogP contribution >= 0.6 is 0 Å². The Bertz CT molecular complexity index is 1400. The minimum atomic E-state index is -0.926. The fourth-order valence-electron chi connectivity index (χ4n) is 5.08. The van der Waals surface area contributed by atoms with Crippen LogP contribution in [0.2, 0.25) is 0 Å². The minimum absolute atomic E-state index is 0.128. The number of hydrogen-bond donors (Lipinski definition) is 2. The first kappa shape index (κ1) is 24.3. The number of amides is 3. The minimum Gasteiger partial charge on any atom is -0.445 e. The number of likely N-dealkylation sites (tertiary alicyclic amines) is 1. The second kappa shape index (κ2) is 10.7. The van der Waals surface area contributed by atoms with E-state index in [1.807, 2.05) is 78.9 Å². The quantitative estimate of drug-likeness (QED) is 0.373. The van der Waals surface area contributed by atoms with Crippen LogP contribution < -0.4 is 11.1 Å². The van der Waals surface area contributed by atoms with Gasteiger partial charge in [-0.2, -0.15) is 0 Å². The molecule has 1 heterocycles. The Morgan fingerprint density at radius 1 is 0.919 bits per heavy atom. The predicted octanol–water partition coefficient (Wildman–Crippen LogP) is 4.31. The lowest BCUT2D eigenvalue weighted by Crippen LogP contribution is -2.53. The molecule has 0 aromatic heterocycles. The first-order valence-corrected chi connectivity index (χ1v) is 12.5. The molecule has 188 valence electrons. The SMILES string of the molecule is NC(=O)[C@H](Cc1c2ccccc2cc2ccccc12)NC(=O)[C@H]1CCCN1C(=O)OCc1ccccc1. The highest BCUT2D eigenvalue weighted by molar-refractivity contribution is 6.03. The number of nitrogens with two attached hydrogens (primary N) is 1. The van der Waals surface area contributed by atoms with Gasteiger partial charge in [-0.05, 0) is 51.6 Å². The van der Waals surface area contributed by atoms with E-state index in [0.717, 1.165) is 32.7 Å². The standard InChI is InChI=1S/C30H29N3O4/c31-28(34)26(18-25-23-13-6-4-11-21(23)17-22-12-5-7-14-24(22)25)32-29(35)27-15-8-16-33(27)30(36)37-19-20-9-2-1-3-10-20/h1-7,9-14,17,26-27H,8,15-16,18-19H2,(H2,31,34)(H,32,35)/t26-,27+/m0/s1. The van der Waals surface area contributed by atoms with E-state index in [4.69, 9.17) is 10.5 Å². The number of nitrogens with zero attached hydrogens (tertiary/aromatic N) is 1. The summed E-state index contributed by atoms with van der Waals surface area (Å²) in [6, 6.07) is 25.8. The number of benzene rings is 4. The van der Waals surface area contributed by atoms with Crippen LogP contribution in [0.25, 0.3) is 21.5 Å². The van der Waals surface area contributed by atoms with Crippen LogP contribution in [0.15, 0.2) is 84.9 Å². The highest BCUT2D eigenvalue weighted by atomic mass is 16.6. The van der Waals surface area contributed by atoms with Crippen molar-refractivity contribution in [3.05, 3.63) is 96.1 Å². The largest absolute Gasteiger partial charge is 0.445 e. The van der Waals surface area contributed by atoms with Gasteiger partial charge in [-0.15, -0.1) is 0 Å². The average Bonchev–Trinajstić information content (AvgIpc) is 3.42. The third kappa shape index (κ3) is 5.26. The fraction of sp³-hybridized carbons (Fsp3) is 0.233. The highest BCUT2D eigenvalue weighted by Crippen LogP contribution is 2.29. The van der Waals surface area contributed by atoms with Crippen LogP contribution in [0, 0.1) is 0 Å². The van der Waals surface area contributed by atoms with E-state index < -0.39 is 30.0 Å². The lowest BCUT2D eigenvalue weighted by molar-refractivity contribution is -0.129. The number of carbonyl (C=O) groups excluding carboxylic acids is 3. The molecule has 3 amide bonds. The van der Waals surface area contributed by atoms with Crippen LogP contribution in [0.4, 0.5) is 4.79 Å². The summed E-state index contributed by atoms with van der Waals surface area (Å²) in [7, 11) is 0. The maximum absolute atomic E-state index is 13.3. The molecule has 0 saturated carbocycles. The molecule has 2 atom stereocenters. The molecule has 0 spiro atoms. The van der Waals surface area contributed by atoms with E-state index in [0.29, 0.717) is 19.4 Å². The van der Waals surface area contributed by atoms with E-state index >= 15 is 0 Å². The second-order valence-electron chi connectivity index (χ2n) is 9.36. The van der Waals surface area contributed by atoms with Gasteiger partial charge in [0, 0.05) is 13.0 Å². The molecule has 4 aromatic carbocycles. The maximum atomic E-state index is 13.3. The summed E-state index contributed by atoms with van der Waals surface area (Å²) in [5.41, 5.74) is 7.58. The lowest BCUT2D eigenvalue weighted by atomic mass is 9.92. The molecule has 1 aliphatic rings. The van der Waals surface area contributed by atoms with Gasteiger partial charge in [-0.1, -0.05) is 78.9 Å². The molecule has 7 heteroatoms. The number of hydrogen-bond acceptors (Lipinski definition) is 4. The molecule has 0 bridgehead atoms. The van der Waals surface area contributed by atoms with Crippen LogP contribution in [0.1, 0.15) is 24.0 Å². The Hall–Kier alpha value is -4.39. The van der Waals surface area contributed by atoms with E-state index in [2.05, 4.69) is 11.4 Å². The van der Waals surface area contributed by atoms with Crippen molar-refractivity contribution in [3.63, 3.8) is 0 Å². The number of primary amides is 1. The molecule has 1 saturated heterocycles. The van der Waals surface area contributed by atoms with Crippen molar-refractivity contribution in [1.82, 2.24) is 10.2 Å². The molecule has 3 N–H and O–H groups in total. The Morgan fingerprint density at radius 2 is 1.54 bits per heavy atom. The summed E-state index contributed by atoms with van der Waals surface area (Å²) in [6.07, 6.45) is 0.869. The average molecular weight is 496 g/mol. The Morgan fingerprint density at radius 3 is 2.19 bits per heavy atom. The van der Waals surface area contributed by atoms with Crippen molar-refractivity contribution < 1.29 is 19.1 Å². The molecule has 0 aliphatic carbocycles. The fourth-order valence-corrected chi connectivity index (χ4v) is 5.08. The number of fused-ring (bicyclic) bond motifs is 2. The number of ether oxygens (including phenoxy) is 1. The van der Waals surface area contributed by atoms with Gasteiger partial charge in [0.2, 0.25) is 11.8 Å². The summed E-state index contributed by atoms with van der Waals surface area (Å²) in [5.74, 6) is -1.02. The molecule has 7 nitrogen and oxygen atoms in total. The van der Waals surface area contributed by atoms with Crippen molar-refractivity contribution >= 4 is 39.5 Å². The van der Waals surface area contributed by atoms with Gasteiger partial charge in [0.15, 0.2) is 0 Å². The molecule has 1 fully saturated rings. The van der Waals surface area contributed by atoms with Crippen LogP contribution in [-0.2, 0) is 27.4 Å². The summed E-state index contributed by atoms with van der Waals surface area (Å²) >= 11 is 0. The van der Waals surface area contributed by atoms with Crippen LogP contribution in [-0.4, -0.2) is 41.4 Å². The van der Waals surface area contributed by atoms with E-state index in [9.17, 15) is 14.4 Å². The zero-order chi connectivity index (χ0) is 25.8. The number of nitrogens with one attached hydrogen (secondary N) is 1. The van der Waals surface area contributed by atoms with Crippen LogP contribution in [0.3, 0.4) is 0 Å². The number of carbonyl (C=O) groups is 3. The Kier molecular flexibility index (Phi) is 7.03. The normalized spacial score (nSPS) is 16.0. The molecule has 4 aromatic rings. The topological polar surface area (TPSA) is 102 Å². The zero-order valence-corrected chi connectivity index (χ0v) is 20.4. The molecular formula is C30H29N3O4. The zero-order valence-electron chi connectivity index (χ0n) is 20.4. The first-order valence-electron chi connectivity index (χ1n) is 12.5. The van der Waals surface area contributed by atoms with Gasteiger partial charge in [-0.3, -0.25) is 14.5 Å². The van der Waals surface area contributed by atoms with Crippen molar-refractivity contribution in [1.29, 1.82) is 0 Å². The third-order valence-corrected chi connectivity index (χ3v) is 6.95. The summed E-state index contributed by atoms with van der Waals surface area (Å²) < 4.78 is 5.45. The molecule has 5 rings (SSSR count). The summed E-state index contributed by atoms with van der Waals surface area (Å²) in [5, 5.41) is 6.95. The van der Waals surface area contributed by atoms with Gasteiger partial charge in [-0.25, -0.2) is 4.79 Å². The molecule has 0 unspecified atom stereocenters. The maximum Gasteiger partial charge on any atom is 0.410 e. The van der Waals surface area contributed by atoms with E-state index in [1.165, 1.54) is 4.90 Å². The van der Waals surface area contributed by atoms with Gasteiger partial charge in [0.25, 0.3) is 0 Å². The molecular weight excluding hydrogens is 466 g/mol. The van der Waals surface area contributed by atoms with Gasteiger partial charge in [0.05, 0.1) is 0 Å². The number of rotatable bonds is 7. The van der Waals surface area contributed by atoms with Crippen molar-refractivity contribution in [2.75, 3.05) is 6.54 Å². The smallest absolute Gasteiger partial charge is 0.410 e. The van der Waals surface area contributed by atoms with Gasteiger partial charge >= 0.3 is 6.09 Å². The Labute approximate surface area is 215 Å². The van der Waals surface area contributed by atoms with Gasteiger partial charge < -0.3 is 15.8 Å². The highest BCUT2D eigenvalue weighted by Gasteiger charge is 2.36. The van der Waals surface area contributed by atoms with Crippen molar-refractivity contribution in [2.24, 2.45) is 5.73 Å². The van der Waals surface area contributed by atoms with E-state index in [1.54, 1.807) is 0 Å². The molecule has 37 heavy (non-hydrogen) atoms. The third-order valence-electron chi connectivity index (χ3n) is 6.95. The lowest BCUT2D eigenvalue weighted by Gasteiger charge is -2.25. The second-order valence-corrected chi connectivity index (χ2v) is 9.36. The molecule has 1 aliphatic heterocycles. The summed E-state index contributed by atoms with van der Waals surface area (Å²) in [6.45, 7) is 0.545. The van der Waals surface area contributed by atoms with Crippen molar-refractivity contribution in [3.8, 4) is 0 Å². The monoisotopic (exact) mass is 495 g/mol. The predicted molar refractivity (Wildman–Crippen MR) is 143 cm³/mol. The van der Waals surface area contributed by atoms with Crippen LogP contribution in [0.5, 0.6) is 0 Å². The van der Waals surface area contributed by atoms with E-state index in [-0.39, 0.29) is 13.0 Å². The molecule has 0 radical (unpaired) electrons.